The van der Waals surface area contributed by atoms with Crippen LogP contribution in [-0.4, -0.2) is 12.2 Å². The van der Waals surface area contributed by atoms with Gasteiger partial charge in [-0.3, -0.25) is 4.79 Å². The Balaban J connectivity index is 2.37. The first-order valence-electron chi connectivity index (χ1n) is 5.43. The molecule has 1 aromatic carbocycles. The van der Waals surface area contributed by atoms with Crippen molar-refractivity contribution in [2.24, 2.45) is 0 Å². The molecule has 0 unspecified atom stereocenters. The minimum atomic E-state index is -2.70. The van der Waals surface area contributed by atoms with Gasteiger partial charge in [0.15, 0.2) is 0 Å². The van der Waals surface area contributed by atoms with Crippen LogP contribution in [0.15, 0.2) is 24.3 Å². The van der Waals surface area contributed by atoms with Gasteiger partial charge in [-0.1, -0.05) is 30.7 Å². The van der Waals surface area contributed by atoms with E-state index in [0.717, 1.165) is 19.6 Å². The zero-order valence-corrected chi connectivity index (χ0v) is 9.17. The first-order valence-corrected chi connectivity index (χ1v) is 5.43. The van der Waals surface area contributed by atoms with Gasteiger partial charge in [0.2, 0.25) is 0 Å². The van der Waals surface area contributed by atoms with E-state index in [-0.39, 0.29) is 0 Å². The van der Waals surface area contributed by atoms with E-state index in [0.29, 0.717) is 24.0 Å². The van der Waals surface area contributed by atoms with Gasteiger partial charge in [0.25, 0.3) is 5.92 Å². The predicted molar refractivity (Wildman–Crippen MR) is 58.0 cm³/mol. The molecular weight excluding hydrogens is 210 g/mol. The number of aldehydes is 1. The third-order valence-electron chi connectivity index (χ3n) is 3.65. The van der Waals surface area contributed by atoms with Gasteiger partial charge >= 0.3 is 0 Å². The zero-order valence-electron chi connectivity index (χ0n) is 9.17. The average molecular weight is 224 g/mol. The maximum absolute atomic E-state index is 13.6. The Morgan fingerprint density at radius 2 is 1.81 bits per heavy atom. The van der Waals surface area contributed by atoms with Crippen molar-refractivity contribution in [1.29, 1.82) is 0 Å². The topological polar surface area (TPSA) is 17.1 Å². The molecule has 0 amide bonds. The Morgan fingerprint density at radius 1 is 1.25 bits per heavy atom. The molecule has 1 aromatic rings. The van der Waals surface area contributed by atoms with E-state index >= 15 is 0 Å². The number of hydrogen-bond acceptors (Lipinski definition) is 1. The van der Waals surface area contributed by atoms with Crippen molar-refractivity contribution in [1.82, 2.24) is 0 Å². The van der Waals surface area contributed by atoms with Gasteiger partial charge in [-0.15, -0.1) is 0 Å². The number of carbonyl (C=O) groups is 1. The predicted octanol–water partition coefficient (Wildman–Crippen LogP) is 3.58. The van der Waals surface area contributed by atoms with Crippen LogP contribution in [0.1, 0.15) is 42.1 Å². The molecule has 2 rings (SSSR count). The lowest BCUT2D eigenvalue weighted by molar-refractivity contribution is -0.0969. The van der Waals surface area contributed by atoms with Crippen LogP contribution in [0.25, 0.3) is 0 Å². The summed E-state index contributed by atoms with van der Waals surface area (Å²) in [5.41, 5.74) is 0.170. The number of rotatable bonds is 3. The number of carbonyl (C=O) groups excluding carboxylic acids is 1. The molecule has 0 aromatic heterocycles. The number of halogens is 2. The molecule has 0 atom stereocenters. The van der Waals surface area contributed by atoms with Crippen LogP contribution < -0.4 is 0 Å². The molecule has 0 saturated heterocycles. The molecule has 16 heavy (non-hydrogen) atoms. The van der Waals surface area contributed by atoms with Crippen molar-refractivity contribution in [2.75, 3.05) is 0 Å². The third kappa shape index (κ3) is 1.55. The van der Waals surface area contributed by atoms with Crippen LogP contribution in [-0.2, 0) is 5.41 Å². The monoisotopic (exact) mass is 224 g/mol. The Kier molecular flexibility index (Phi) is 2.56. The Labute approximate surface area is 93.5 Å². The molecule has 0 radical (unpaired) electrons. The molecule has 0 spiro atoms. The van der Waals surface area contributed by atoms with Crippen LogP contribution in [0.4, 0.5) is 8.78 Å². The fraction of sp³-hybridized carbons (Fsp3) is 0.462. The van der Waals surface area contributed by atoms with Crippen LogP contribution in [0.3, 0.4) is 0 Å². The largest absolute Gasteiger partial charge is 0.298 e. The fourth-order valence-electron chi connectivity index (χ4n) is 2.39. The highest BCUT2D eigenvalue weighted by Gasteiger charge is 2.54. The summed E-state index contributed by atoms with van der Waals surface area (Å²) in [5.74, 6) is -2.70. The standard InChI is InChI=1S/C13H14F2O/c1-12(14,15)13(7-2-8-13)11-5-3-10(9-16)4-6-11/h3-6,9H,2,7-8H2,1H3. The van der Waals surface area contributed by atoms with Crippen molar-refractivity contribution in [3.05, 3.63) is 35.4 Å². The van der Waals surface area contributed by atoms with Crippen LogP contribution in [0.2, 0.25) is 0 Å². The van der Waals surface area contributed by atoms with Gasteiger partial charge in [-0.2, -0.15) is 0 Å². The van der Waals surface area contributed by atoms with Crippen molar-refractivity contribution in [2.45, 2.75) is 37.5 Å². The summed E-state index contributed by atoms with van der Waals surface area (Å²) < 4.78 is 27.2. The average Bonchev–Trinajstić information content (AvgIpc) is 2.15. The molecule has 0 heterocycles. The van der Waals surface area contributed by atoms with Crippen molar-refractivity contribution in [3.63, 3.8) is 0 Å². The highest BCUT2D eigenvalue weighted by molar-refractivity contribution is 5.74. The minimum absolute atomic E-state index is 0.525. The van der Waals surface area contributed by atoms with Crippen LogP contribution in [0.5, 0.6) is 0 Å². The van der Waals surface area contributed by atoms with E-state index in [2.05, 4.69) is 0 Å². The molecule has 0 N–H and O–H groups in total. The summed E-state index contributed by atoms with van der Waals surface area (Å²) in [6, 6.07) is 6.52. The second-order valence-electron chi connectivity index (χ2n) is 4.56. The molecular formula is C13H14F2O. The maximum atomic E-state index is 13.6. The molecule has 86 valence electrons. The second kappa shape index (κ2) is 3.65. The van der Waals surface area contributed by atoms with Gasteiger partial charge in [0, 0.05) is 12.5 Å². The first kappa shape index (κ1) is 11.2. The highest BCUT2D eigenvalue weighted by atomic mass is 19.3. The number of alkyl halides is 2. The third-order valence-corrected chi connectivity index (χ3v) is 3.65. The summed E-state index contributed by atoms with van der Waals surface area (Å²) >= 11 is 0. The van der Waals surface area contributed by atoms with Gasteiger partial charge in [0.1, 0.15) is 6.29 Å². The smallest absolute Gasteiger partial charge is 0.254 e. The van der Waals surface area contributed by atoms with Gasteiger partial charge in [-0.25, -0.2) is 8.78 Å². The fourth-order valence-corrected chi connectivity index (χ4v) is 2.39. The van der Waals surface area contributed by atoms with E-state index in [1.807, 2.05) is 0 Å². The summed E-state index contributed by atoms with van der Waals surface area (Å²) in [7, 11) is 0. The molecule has 1 aliphatic carbocycles. The Hall–Kier alpha value is -1.25. The second-order valence-corrected chi connectivity index (χ2v) is 4.56. The lowest BCUT2D eigenvalue weighted by Gasteiger charge is -2.46. The molecule has 1 saturated carbocycles. The minimum Gasteiger partial charge on any atom is -0.298 e. The highest BCUT2D eigenvalue weighted by Crippen LogP contribution is 2.53. The molecule has 1 aliphatic rings. The van der Waals surface area contributed by atoms with E-state index in [1.165, 1.54) is 0 Å². The lowest BCUT2D eigenvalue weighted by Crippen LogP contribution is -2.48. The van der Waals surface area contributed by atoms with Gasteiger partial charge in [0.05, 0.1) is 5.41 Å². The summed E-state index contributed by atoms with van der Waals surface area (Å²) in [4.78, 5) is 10.5. The van der Waals surface area contributed by atoms with E-state index < -0.39 is 11.3 Å². The summed E-state index contributed by atoms with van der Waals surface area (Å²) in [6.45, 7) is 0.986. The maximum Gasteiger partial charge on any atom is 0.254 e. The summed E-state index contributed by atoms with van der Waals surface area (Å²) in [6.07, 6.45) is 2.62. The zero-order chi connectivity index (χ0) is 11.8. The normalized spacial score (nSPS) is 18.9. The molecule has 0 aliphatic heterocycles. The van der Waals surface area contributed by atoms with Crippen molar-refractivity contribution < 1.29 is 13.6 Å². The Bertz CT molecular complexity index is 385. The quantitative estimate of drug-likeness (QED) is 0.717. The molecule has 1 fully saturated rings. The van der Waals surface area contributed by atoms with Crippen LogP contribution in [0, 0.1) is 0 Å². The van der Waals surface area contributed by atoms with Gasteiger partial charge in [-0.05, 0) is 18.4 Å². The van der Waals surface area contributed by atoms with Crippen molar-refractivity contribution in [3.8, 4) is 0 Å². The molecule has 1 nitrogen and oxygen atoms in total. The molecule has 3 heteroatoms. The SMILES string of the molecule is CC(F)(F)C1(c2ccc(C=O)cc2)CCC1. The number of hydrogen-bond donors (Lipinski definition) is 0. The number of benzene rings is 1. The Morgan fingerprint density at radius 3 is 2.12 bits per heavy atom. The van der Waals surface area contributed by atoms with Gasteiger partial charge < -0.3 is 0 Å². The van der Waals surface area contributed by atoms with E-state index in [4.69, 9.17) is 0 Å². The molecule has 0 bridgehead atoms. The first-order chi connectivity index (χ1) is 7.49. The summed E-state index contributed by atoms with van der Waals surface area (Å²) in [5, 5.41) is 0. The lowest BCUT2D eigenvalue weighted by atomic mass is 9.61. The van der Waals surface area contributed by atoms with Crippen molar-refractivity contribution >= 4 is 6.29 Å². The van der Waals surface area contributed by atoms with E-state index in [1.54, 1.807) is 24.3 Å². The van der Waals surface area contributed by atoms with E-state index in [9.17, 15) is 13.6 Å². The van der Waals surface area contributed by atoms with Crippen LogP contribution >= 0.6 is 0 Å².